The Labute approximate surface area is 291 Å². The van der Waals surface area contributed by atoms with Crippen molar-refractivity contribution < 1.29 is 28.4 Å². The van der Waals surface area contributed by atoms with Gasteiger partial charge in [0.1, 0.15) is 23.5 Å². The molecule has 4 rings (SSSR count). The molecular weight excluding hydrogens is 641 g/mol. The maximum Gasteiger partial charge on any atom is 0.272 e. The van der Waals surface area contributed by atoms with Gasteiger partial charge in [-0.25, -0.2) is 4.90 Å². The first-order chi connectivity index (χ1) is 23.6. The molecule has 11 heteroatoms. The summed E-state index contributed by atoms with van der Waals surface area (Å²) < 4.78 is 31.9. The molecule has 4 aromatic rings. The second-order valence-electron chi connectivity index (χ2n) is 12.0. The van der Waals surface area contributed by atoms with Crippen LogP contribution in [0.15, 0.2) is 103 Å². The van der Waals surface area contributed by atoms with Gasteiger partial charge < -0.3 is 23.5 Å². The van der Waals surface area contributed by atoms with Crippen LogP contribution in [0.2, 0.25) is 0 Å². The largest absolute Gasteiger partial charge is 0.497 e. The van der Waals surface area contributed by atoms with Gasteiger partial charge in [0, 0.05) is 51.2 Å². The van der Waals surface area contributed by atoms with Gasteiger partial charge in [-0.05, 0) is 51.0 Å². The second kappa shape index (κ2) is 16.8. The molecule has 10 nitrogen and oxygen atoms in total. The fourth-order valence-corrected chi connectivity index (χ4v) is 6.73. The summed E-state index contributed by atoms with van der Waals surface area (Å²) in [6.07, 6.45) is -1.50. The zero-order valence-electron chi connectivity index (χ0n) is 28.7. The van der Waals surface area contributed by atoms with Gasteiger partial charge in [-0.1, -0.05) is 78.9 Å². The van der Waals surface area contributed by atoms with E-state index in [0.717, 1.165) is 11.1 Å². The third-order valence-corrected chi connectivity index (χ3v) is 8.71. The van der Waals surface area contributed by atoms with Crippen LogP contribution in [-0.2, 0) is 26.0 Å². The summed E-state index contributed by atoms with van der Waals surface area (Å²) in [5, 5.41) is 22.4. The molecule has 0 heterocycles. The summed E-state index contributed by atoms with van der Waals surface area (Å²) in [7, 11) is 5.40. The third-order valence-electron chi connectivity index (χ3n) is 8.34. The summed E-state index contributed by atoms with van der Waals surface area (Å²) in [5.74, 6) is -0.565. The number of nitriles is 1. The molecule has 3 atom stereocenters. The number of nitro groups is 1. The number of benzene rings is 4. The molecule has 0 aliphatic carbocycles. The highest BCUT2D eigenvalue weighted by atomic mass is 31.0. The maximum atomic E-state index is 12.2. The van der Waals surface area contributed by atoms with E-state index in [1.807, 2.05) is 105 Å². The van der Waals surface area contributed by atoms with E-state index in [1.54, 1.807) is 38.5 Å². The number of para-hydroxylation sites is 1. The Morgan fingerprint density at radius 1 is 0.837 bits per heavy atom. The summed E-state index contributed by atoms with van der Waals surface area (Å²) in [5.41, 5.74) is 0.991. The van der Waals surface area contributed by atoms with E-state index in [1.165, 1.54) is 6.07 Å². The van der Waals surface area contributed by atoms with Crippen molar-refractivity contribution in [2.45, 2.75) is 70.4 Å². The minimum atomic E-state index is -1.63. The molecular formula is C38H44N3O7P. The first-order valence-electron chi connectivity index (χ1n) is 16.0. The molecule has 0 aromatic heterocycles. The number of rotatable bonds is 17. The van der Waals surface area contributed by atoms with Crippen molar-refractivity contribution in [3.05, 3.63) is 135 Å². The molecule has 0 fully saturated rings. The lowest BCUT2D eigenvalue weighted by atomic mass is 9.79. The van der Waals surface area contributed by atoms with Crippen LogP contribution in [-0.4, -0.2) is 48.3 Å². The number of methoxy groups -OCH3 is 2. The monoisotopic (exact) mass is 685 g/mol. The molecule has 0 saturated carbocycles. The molecule has 0 aliphatic heterocycles. The van der Waals surface area contributed by atoms with E-state index in [0.29, 0.717) is 22.6 Å². The number of nitro benzene ring substituents is 1. The van der Waals surface area contributed by atoms with Crippen molar-refractivity contribution in [1.29, 1.82) is 5.26 Å². The predicted molar refractivity (Wildman–Crippen MR) is 191 cm³/mol. The van der Waals surface area contributed by atoms with Crippen LogP contribution in [0.4, 0.5) is 5.69 Å². The molecule has 49 heavy (non-hydrogen) atoms. The van der Waals surface area contributed by atoms with Gasteiger partial charge in [-0.3, -0.25) is 10.1 Å². The predicted octanol–water partition coefficient (Wildman–Crippen LogP) is 8.00. The summed E-state index contributed by atoms with van der Waals surface area (Å²) in [6.45, 7) is 7.93. The summed E-state index contributed by atoms with van der Waals surface area (Å²) in [6, 6.07) is 33.2. The van der Waals surface area contributed by atoms with Crippen molar-refractivity contribution in [3.8, 4) is 17.6 Å². The smallest absolute Gasteiger partial charge is 0.272 e. The average Bonchev–Trinajstić information content (AvgIpc) is 3.10. The fourth-order valence-electron chi connectivity index (χ4n) is 6.47. The van der Waals surface area contributed by atoms with Gasteiger partial charge in [-0.2, -0.15) is 5.26 Å². The third kappa shape index (κ3) is 8.10. The quantitative estimate of drug-likeness (QED) is 0.0358. The maximum absolute atomic E-state index is 12.2. The molecule has 0 bridgehead atoms. The number of hydrogen-bond acceptors (Lipinski definition) is 9. The van der Waals surface area contributed by atoms with E-state index < -0.39 is 22.7 Å². The molecule has 0 saturated heterocycles. The van der Waals surface area contributed by atoms with Crippen LogP contribution >= 0.6 is 9.47 Å². The van der Waals surface area contributed by atoms with Crippen LogP contribution in [0, 0.1) is 21.4 Å². The second-order valence-corrected chi connectivity index (χ2v) is 12.2. The molecule has 0 radical (unpaired) electrons. The van der Waals surface area contributed by atoms with Gasteiger partial charge in [0.25, 0.3) is 5.69 Å². The van der Waals surface area contributed by atoms with Gasteiger partial charge in [0.15, 0.2) is 6.29 Å². The summed E-state index contributed by atoms with van der Waals surface area (Å²) >= 11 is 0. The van der Waals surface area contributed by atoms with Crippen LogP contribution in [0.25, 0.3) is 0 Å². The first-order valence-corrected chi connectivity index (χ1v) is 16.5. The molecule has 0 amide bonds. The van der Waals surface area contributed by atoms with Crippen molar-refractivity contribution in [1.82, 2.24) is 4.90 Å². The normalized spacial score (nSPS) is 13.6. The van der Waals surface area contributed by atoms with Crippen LogP contribution in [0.1, 0.15) is 56.4 Å². The zero-order valence-corrected chi connectivity index (χ0v) is 29.9. The van der Waals surface area contributed by atoms with Crippen molar-refractivity contribution in [2.24, 2.45) is 0 Å². The Bertz CT molecular complexity index is 1670. The van der Waals surface area contributed by atoms with Gasteiger partial charge in [0.05, 0.1) is 25.2 Å². The van der Waals surface area contributed by atoms with E-state index in [-0.39, 0.29) is 30.6 Å². The number of ether oxygens (including phenoxy) is 4. The topological polar surface area (TPSA) is 116 Å². The highest BCUT2D eigenvalue weighted by Crippen LogP contribution is 2.47. The van der Waals surface area contributed by atoms with Gasteiger partial charge in [0.2, 0.25) is 5.91 Å². The van der Waals surface area contributed by atoms with E-state index >= 15 is 0 Å². The van der Waals surface area contributed by atoms with Crippen molar-refractivity contribution >= 4 is 15.2 Å². The average molecular weight is 686 g/mol. The molecule has 258 valence electrons. The standard InChI is InChI=1S/C38H44N3O7P/c1-27(2)40(28(3)4)37(48-49,23-24-39)46-36(25-29-15-13-14-20-34(29)41(42)43)47-38(30-16-9-7-10-17-30,31-18-11-8-12-19-31)33-22-21-32(44-5)26-35(33)45-6/h7-22,26-28,36H,23,25,49H2,1-6H3. The van der Waals surface area contributed by atoms with Crippen LogP contribution in [0.3, 0.4) is 0 Å². The Morgan fingerprint density at radius 2 is 1.41 bits per heavy atom. The Hall–Kier alpha value is -4.36. The Balaban J connectivity index is 2.08. The van der Waals surface area contributed by atoms with Gasteiger partial charge in [-0.15, -0.1) is 0 Å². The lowest BCUT2D eigenvalue weighted by molar-refractivity contribution is -0.386. The highest BCUT2D eigenvalue weighted by molar-refractivity contribution is 7.09. The molecule has 3 unspecified atom stereocenters. The zero-order chi connectivity index (χ0) is 35.6. The highest BCUT2D eigenvalue weighted by Gasteiger charge is 2.48. The summed E-state index contributed by atoms with van der Waals surface area (Å²) in [4.78, 5) is 13.8. The van der Waals surface area contributed by atoms with Gasteiger partial charge >= 0.3 is 0 Å². The molecule has 0 N–H and O–H groups in total. The minimum Gasteiger partial charge on any atom is -0.497 e. The van der Waals surface area contributed by atoms with Crippen LogP contribution < -0.4 is 9.47 Å². The fraction of sp³-hybridized carbons (Fsp3) is 0.342. The SMILES string of the molecule is COc1ccc(C(OC(Cc2ccccc2[N+](=O)[O-])OC(CC#N)(OP)N(C(C)C)C(C)C)(c2ccccc2)c2ccccc2)c(OC)c1. The first kappa shape index (κ1) is 37.5. The Morgan fingerprint density at radius 3 is 1.90 bits per heavy atom. The lowest BCUT2D eigenvalue weighted by Gasteiger charge is -2.48. The molecule has 4 aromatic carbocycles. The lowest BCUT2D eigenvalue weighted by Crippen LogP contribution is -2.59. The van der Waals surface area contributed by atoms with Crippen molar-refractivity contribution in [2.75, 3.05) is 14.2 Å². The van der Waals surface area contributed by atoms with Crippen molar-refractivity contribution in [3.63, 3.8) is 0 Å². The van der Waals surface area contributed by atoms with Crippen LogP contribution in [0.5, 0.6) is 11.5 Å². The Kier molecular flexibility index (Phi) is 12.9. The van der Waals surface area contributed by atoms with E-state index in [9.17, 15) is 15.4 Å². The molecule has 0 aliphatic rings. The minimum absolute atomic E-state index is 0.0672. The number of hydrogen-bond donors (Lipinski definition) is 0. The molecule has 0 spiro atoms. The number of nitrogens with zero attached hydrogens (tertiary/aromatic N) is 3. The van der Waals surface area contributed by atoms with E-state index in [2.05, 4.69) is 15.5 Å². The van der Waals surface area contributed by atoms with E-state index in [4.69, 9.17) is 23.5 Å².